The first-order chi connectivity index (χ1) is 12.0. The first kappa shape index (κ1) is 18.5. The first-order valence-electron chi connectivity index (χ1n) is 8.38. The maximum absolute atomic E-state index is 12.1. The van der Waals surface area contributed by atoms with Crippen LogP contribution in [0.4, 0.5) is 17.3 Å². The van der Waals surface area contributed by atoms with Crippen LogP contribution in [0.3, 0.4) is 0 Å². The van der Waals surface area contributed by atoms with Crippen LogP contribution in [0.25, 0.3) is 0 Å². The molecule has 0 spiro atoms. The number of aromatic nitrogens is 2. The standard InChI is InChI=1S/C18H26N6O/c1-5-19-16-12-17(23-13(2)22-16)20-10-11-21-18(25)14-6-8-15(9-7-14)24(3)4/h6-9,12H,5,10-11H2,1-4H3,(H,21,25)(H2,19,20,22,23). The van der Waals surface area contributed by atoms with Gasteiger partial charge >= 0.3 is 0 Å². The number of anilines is 3. The predicted molar refractivity (Wildman–Crippen MR) is 103 cm³/mol. The number of hydrogen-bond acceptors (Lipinski definition) is 6. The highest BCUT2D eigenvalue weighted by Gasteiger charge is 2.06. The van der Waals surface area contributed by atoms with Crippen molar-refractivity contribution in [2.75, 3.05) is 49.3 Å². The molecule has 0 aliphatic carbocycles. The van der Waals surface area contributed by atoms with Crippen molar-refractivity contribution in [3.05, 3.63) is 41.7 Å². The summed E-state index contributed by atoms with van der Waals surface area (Å²) in [5, 5.41) is 9.27. The zero-order valence-electron chi connectivity index (χ0n) is 15.3. The lowest BCUT2D eigenvalue weighted by molar-refractivity contribution is 0.0955. The summed E-state index contributed by atoms with van der Waals surface area (Å²) in [7, 11) is 3.94. The lowest BCUT2D eigenvalue weighted by Crippen LogP contribution is -2.29. The van der Waals surface area contributed by atoms with E-state index in [1.54, 1.807) is 0 Å². The van der Waals surface area contributed by atoms with Crippen LogP contribution in [0.1, 0.15) is 23.1 Å². The van der Waals surface area contributed by atoms with E-state index in [4.69, 9.17) is 0 Å². The fourth-order valence-electron chi connectivity index (χ4n) is 2.31. The summed E-state index contributed by atoms with van der Waals surface area (Å²) in [5.74, 6) is 2.15. The second-order valence-corrected chi connectivity index (χ2v) is 5.84. The van der Waals surface area contributed by atoms with E-state index in [9.17, 15) is 4.79 Å². The second kappa shape index (κ2) is 8.86. The Labute approximate surface area is 148 Å². The third kappa shape index (κ3) is 5.63. The van der Waals surface area contributed by atoms with Gasteiger partial charge in [0.15, 0.2) is 0 Å². The molecule has 1 aromatic heterocycles. The van der Waals surface area contributed by atoms with E-state index in [2.05, 4.69) is 25.9 Å². The highest BCUT2D eigenvalue weighted by atomic mass is 16.1. The molecule has 7 heteroatoms. The highest BCUT2D eigenvalue weighted by Crippen LogP contribution is 2.12. The molecule has 1 aromatic carbocycles. The van der Waals surface area contributed by atoms with Gasteiger partial charge < -0.3 is 20.9 Å². The van der Waals surface area contributed by atoms with E-state index in [1.165, 1.54) is 0 Å². The Kier molecular flexibility index (Phi) is 6.56. The van der Waals surface area contributed by atoms with Crippen LogP contribution < -0.4 is 20.9 Å². The Morgan fingerprint density at radius 1 is 1.04 bits per heavy atom. The number of carbonyl (C=O) groups excluding carboxylic acids is 1. The van der Waals surface area contributed by atoms with Crippen LogP contribution in [-0.2, 0) is 0 Å². The van der Waals surface area contributed by atoms with Gasteiger partial charge in [-0.25, -0.2) is 9.97 Å². The molecule has 7 nitrogen and oxygen atoms in total. The van der Waals surface area contributed by atoms with Crippen molar-refractivity contribution < 1.29 is 4.79 Å². The predicted octanol–water partition coefficient (Wildman–Crippen LogP) is 2.12. The second-order valence-electron chi connectivity index (χ2n) is 5.84. The van der Waals surface area contributed by atoms with E-state index >= 15 is 0 Å². The average Bonchev–Trinajstić information content (AvgIpc) is 2.58. The summed E-state index contributed by atoms with van der Waals surface area (Å²) >= 11 is 0. The lowest BCUT2D eigenvalue weighted by Gasteiger charge is -2.13. The van der Waals surface area contributed by atoms with Gasteiger partial charge in [0.2, 0.25) is 0 Å². The normalized spacial score (nSPS) is 10.2. The van der Waals surface area contributed by atoms with Crippen LogP contribution >= 0.6 is 0 Å². The molecule has 0 bridgehead atoms. The van der Waals surface area contributed by atoms with Crippen molar-refractivity contribution in [2.24, 2.45) is 0 Å². The maximum atomic E-state index is 12.1. The molecule has 0 atom stereocenters. The molecule has 2 rings (SSSR count). The average molecular weight is 342 g/mol. The third-order valence-electron chi connectivity index (χ3n) is 3.56. The Morgan fingerprint density at radius 2 is 1.68 bits per heavy atom. The zero-order chi connectivity index (χ0) is 18.2. The van der Waals surface area contributed by atoms with E-state index in [0.29, 0.717) is 24.5 Å². The van der Waals surface area contributed by atoms with Crippen LogP contribution in [-0.4, -0.2) is 49.6 Å². The summed E-state index contributed by atoms with van der Waals surface area (Å²) in [6.45, 7) is 5.77. The largest absolute Gasteiger partial charge is 0.378 e. The van der Waals surface area contributed by atoms with Crippen molar-refractivity contribution in [3.8, 4) is 0 Å². The maximum Gasteiger partial charge on any atom is 0.251 e. The Balaban J connectivity index is 1.81. The van der Waals surface area contributed by atoms with Gasteiger partial charge in [0.1, 0.15) is 17.5 Å². The molecular weight excluding hydrogens is 316 g/mol. The zero-order valence-corrected chi connectivity index (χ0v) is 15.3. The van der Waals surface area contributed by atoms with E-state index in [-0.39, 0.29) is 5.91 Å². The number of aryl methyl sites for hydroxylation is 1. The molecule has 0 aliphatic heterocycles. The van der Waals surface area contributed by atoms with Crippen molar-refractivity contribution in [1.29, 1.82) is 0 Å². The van der Waals surface area contributed by atoms with Crippen LogP contribution in [0.2, 0.25) is 0 Å². The van der Waals surface area contributed by atoms with Crippen molar-refractivity contribution in [2.45, 2.75) is 13.8 Å². The number of nitrogens with zero attached hydrogens (tertiary/aromatic N) is 3. The van der Waals surface area contributed by atoms with E-state index < -0.39 is 0 Å². The molecule has 3 N–H and O–H groups in total. The van der Waals surface area contributed by atoms with Gasteiger partial charge in [0.05, 0.1) is 0 Å². The number of carbonyl (C=O) groups is 1. The van der Waals surface area contributed by atoms with Crippen molar-refractivity contribution in [3.63, 3.8) is 0 Å². The Hall–Kier alpha value is -2.83. The number of hydrogen-bond donors (Lipinski definition) is 3. The quantitative estimate of drug-likeness (QED) is 0.638. The fraction of sp³-hybridized carbons (Fsp3) is 0.389. The molecule has 0 aliphatic rings. The van der Waals surface area contributed by atoms with Gasteiger partial charge in [-0.05, 0) is 38.1 Å². The Morgan fingerprint density at radius 3 is 2.28 bits per heavy atom. The number of nitrogens with one attached hydrogen (secondary N) is 3. The van der Waals surface area contributed by atoms with Gasteiger partial charge in [-0.15, -0.1) is 0 Å². The molecule has 0 saturated heterocycles. The molecule has 0 radical (unpaired) electrons. The topological polar surface area (TPSA) is 82.2 Å². The molecule has 134 valence electrons. The van der Waals surface area contributed by atoms with E-state index in [0.717, 1.165) is 23.9 Å². The number of benzene rings is 1. The Bertz CT molecular complexity index is 699. The molecule has 25 heavy (non-hydrogen) atoms. The summed E-state index contributed by atoms with van der Waals surface area (Å²) in [4.78, 5) is 22.8. The van der Waals surface area contributed by atoms with E-state index in [1.807, 2.05) is 63.2 Å². The molecular formula is C18H26N6O. The fourth-order valence-corrected chi connectivity index (χ4v) is 2.31. The summed E-state index contributed by atoms with van der Waals surface area (Å²) in [6, 6.07) is 9.37. The smallest absolute Gasteiger partial charge is 0.251 e. The monoisotopic (exact) mass is 342 g/mol. The molecule has 2 aromatic rings. The number of rotatable bonds is 8. The molecule has 0 fully saturated rings. The van der Waals surface area contributed by atoms with Gasteiger partial charge in [0.25, 0.3) is 5.91 Å². The minimum Gasteiger partial charge on any atom is -0.378 e. The van der Waals surface area contributed by atoms with Crippen LogP contribution in [0.5, 0.6) is 0 Å². The van der Waals surface area contributed by atoms with Gasteiger partial charge in [0, 0.05) is 51.0 Å². The summed E-state index contributed by atoms with van der Waals surface area (Å²) < 4.78 is 0. The highest BCUT2D eigenvalue weighted by molar-refractivity contribution is 5.94. The van der Waals surface area contributed by atoms with Gasteiger partial charge in [-0.2, -0.15) is 0 Å². The summed E-state index contributed by atoms with van der Waals surface area (Å²) in [5.41, 5.74) is 1.71. The summed E-state index contributed by atoms with van der Waals surface area (Å²) in [6.07, 6.45) is 0. The molecule has 0 saturated carbocycles. The van der Waals surface area contributed by atoms with Gasteiger partial charge in [-0.1, -0.05) is 0 Å². The van der Waals surface area contributed by atoms with Crippen LogP contribution in [0.15, 0.2) is 30.3 Å². The van der Waals surface area contributed by atoms with Crippen molar-refractivity contribution >= 4 is 23.2 Å². The molecule has 0 unspecified atom stereocenters. The number of amides is 1. The minimum atomic E-state index is -0.0840. The lowest BCUT2D eigenvalue weighted by atomic mass is 10.2. The third-order valence-corrected chi connectivity index (χ3v) is 3.56. The van der Waals surface area contributed by atoms with Crippen LogP contribution in [0, 0.1) is 6.92 Å². The van der Waals surface area contributed by atoms with Gasteiger partial charge in [-0.3, -0.25) is 4.79 Å². The molecule has 1 amide bonds. The SMILES string of the molecule is CCNc1cc(NCCNC(=O)c2ccc(N(C)C)cc2)nc(C)n1. The minimum absolute atomic E-state index is 0.0840. The molecule has 1 heterocycles. The van der Waals surface area contributed by atoms with Crippen molar-refractivity contribution in [1.82, 2.24) is 15.3 Å². The first-order valence-corrected chi connectivity index (χ1v) is 8.38.